The molecule has 0 N–H and O–H groups in total. The minimum atomic E-state index is -0.235. The van der Waals surface area contributed by atoms with Crippen molar-refractivity contribution in [1.29, 1.82) is 0 Å². The van der Waals surface area contributed by atoms with Crippen LogP contribution in [-0.4, -0.2) is 65.0 Å². The van der Waals surface area contributed by atoms with Gasteiger partial charge in [0.05, 0.1) is 0 Å². The lowest BCUT2D eigenvalue weighted by Gasteiger charge is -2.40. The third-order valence-corrected chi connectivity index (χ3v) is 7.93. The van der Waals surface area contributed by atoms with Crippen molar-refractivity contribution in [2.75, 3.05) is 32.1 Å². The number of likely N-dealkylation sites (N-methyl/N-ethyl adjacent to an activating group) is 1. The van der Waals surface area contributed by atoms with Crippen LogP contribution in [0.25, 0.3) is 0 Å². The molecule has 2 aromatic rings. The second-order valence-electron chi connectivity index (χ2n) is 9.38. The summed E-state index contributed by atoms with van der Waals surface area (Å²) >= 11 is 1.65. The molecule has 1 aliphatic carbocycles. The smallest absolute Gasteiger partial charge is 0.276 e. The molecule has 2 aliphatic rings. The standard InChI is InChI=1S/C26H34FN3O3S/c1-29(24(31)13-16-34-2)22(17-19-7-3-5-9-21(19)27)18-11-14-30(15-12-18)26(32)25-20-8-4-6-10-23(20)33-28-25/h3,5,7,9,18,22H,4,6,8,10-17H2,1-2H3/t22-/m0/s1. The van der Waals surface area contributed by atoms with Crippen LogP contribution in [0.3, 0.4) is 0 Å². The number of hydrogen-bond acceptors (Lipinski definition) is 5. The van der Waals surface area contributed by atoms with E-state index >= 15 is 0 Å². The van der Waals surface area contributed by atoms with E-state index in [4.69, 9.17) is 4.52 Å². The first kappa shape index (κ1) is 24.8. The van der Waals surface area contributed by atoms with Gasteiger partial charge in [-0.1, -0.05) is 23.4 Å². The Morgan fingerprint density at radius 3 is 2.71 bits per heavy atom. The van der Waals surface area contributed by atoms with Crippen molar-refractivity contribution < 1.29 is 18.5 Å². The predicted molar refractivity (Wildman–Crippen MR) is 131 cm³/mol. The molecule has 0 bridgehead atoms. The van der Waals surface area contributed by atoms with Crippen LogP contribution in [-0.2, 0) is 24.1 Å². The second-order valence-corrected chi connectivity index (χ2v) is 10.4. The van der Waals surface area contributed by atoms with Gasteiger partial charge in [-0.25, -0.2) is 4.39 Å². The Labute approximate surface area is 205 Å². The molecule has 0 unspecified atom stereocenters. The summed E-state index contributed by atoms with van der Waals surface area (Å²) in [6.07, 6.45) is 8.32. The second kappa shape index (κ2) is 11.4. The van der Waals surface area contributed by atoms with Crippen molar-refractivity contribution in [2.24, 2.45) is 5.92 Å². The first-order valence-corrected chi connectivity index (χ1v) is 13.6. The molecule has 0 saturated carbocycles. The van der Waals surface area contributed by atoms with Crippen LogP contribution in [0.4, 0.5) is 4.39 Å². The lowest BCUT2D eigenvalue weighted by Crippen LogP contribution is -2.48. The number of carbonyl (C=O) groups is 2. The Kier molecular flexibility index (Phi) is 8.29. The van der Waals surface area contributed by atoms with Gasteiger partial charge < -0.3 is 14.3 Å². The van der Waals surface area contributed by atoms with Crippen molar-refractivity contribution in [1.82, 2.24) is 15.0 Å². The first-order chi connectivity index (χ1) is 16.5. The van der Waals surface area contributed by atoms with Gasteiger partial charge in [-0.05, 0) is 62.3 Å². The monoisotopic (exact) mass is 487 g/mol. The van der Waals surface area contributed by atoms with Crippen LogP contribution in [0.2, 0.25) is 0 Å². The number of carbonyl (C=O) groups excluding carboxylic acids is 2. The minimum Gasteiger partial charge on any atom is -0.360 e. The summed E-state index contributed by atoms with van der Waals surface area (Å²) in [5.74, 6) is 1.62. The van der Waals surface area contributed by atoms with Crippen molar-refractivity contribution in [3.63, 3.8) is 0 Å². The number of likely N-dealkylation sites (tertiary alicyclic amines) is 1. The maximum absolute atomic E-state index is 14.5. The predicted octanol–water partition coefficient (Wildman–Crippen LogP) is 4.37. The Morgan fingerprint density at radius 2 is 1.97 bits per heavy atom. The molecule has 1 aromatic heterocycles. The van der Waals surface area contributed by atoms with Gasteiger partial charge in [0.25, 0.3) is 5.91 Å². The molecular weight excluding hydrogens is 453 g/mol. The molecule has 1 aliphatic heterocycles. The summed E-state index contributed by atoms with van der Waals surface area (Å²) in [4.78, 5) is 29.7. The van der Waals surface area contributed by atoms with Gasteiger partial charge in [0.15, 0.2) is 5.69 Å². The normalized spacial score (nSPS) is 17.3. The van der Waals surface area contributed by atoms with Crippen LogP contribution in [0.1, 0.15) is 59.5 Å². The van der Waals surface area contributed by atoms with Crippen LogP contribution < -0.4 is 0 Å². The van der Waals surface area contributed by atoms with Crippen LogP contribution >= 0.6 is 11.8 Å². The largest absolute Gasteiger partial charge is 0.360 e. The Balaban J connectivity index is 1.45. The van der Waals surface area contributed by atoms with Gasteiger partial charge in [0.2, 0.25) is 5.91 Å². The molecule has 0 spiro atoms. The summed E-state index contributed by atoms with van der Waals surface area (Å²) in [5.41, 5.74) is 2.08. The number of hydrogen-bond donors (Lipinski definition) is 0. The summed E-state index contributed by atoms with van der Waals surface area (Å²) in [5, 5.41) is 4.11. The molecule has 1 atom stereocenters. The van der Waals surface area contributed by atoms with E-state index in [1.165, 1.54) is 6.07 Å². The summed E-state index contributed by atoms with van der Waals surface area (Å²) in [7, 11) is 1.84. The number of halogens is 1. The third-order valence-electron chi connectivity index (χ3n) is 7.32. The molecule has 1 fully saturated rings. The Bertz CT molecular complexity index is 1000. The Morgan fingerprint density at radius 1 is 1.24 bits per heavy atom. The molecular formula is C26H34FN3O3S. The third kappa shape index (κ3) is 5.48. The number of aromatic nitrogens is 1. The van der Waals surface area contributed by atoms with Crippen molar-refractivity contribution in [3.05, 3.63) is 52.7 Å². The van der Waals surface area contributed by atoms with Gasteiger partial charge >= 0.3 is 0 Å². The molecule has 1 saturated heterocycles. The fourth-order valence-electron chi connectivity index (χ4n) is 5.25. The van der Waals surface area contributed by atoms with E-state index in [-0.39, 0.29) is 29.6 Å². The lowest BCUT2D eigenvalue weighted by molar-refractivity contribution is -0.133. The number of amides is 2. The van der Waals surface area contributed by atoms with E-state index in [2.05, 4.69) is 5.16 Å². The zero-order valence-corrected chi connectivity index (χ0v) is 20.9. The van der Waals surface area contributed by atoms with Crippen molar-refractivity contribution in [3.8, 4) is 0 Å². The molecule has 34 heavy (non-hydrogen) atoms. The highest BCUT2D eigenvalue weighted by atomic mass is 32.2. The average Bonchev–Trinajstić information content (AvgIpc) is 3.30. The van der Waals surface area contributed by atoms with Gasteiger partial charge in [-0.3, -0.25) is 9.59 Å². The number of nitrogens with zero attached hydrogens (tertiary/aromatic N) is 3. The number of fused-ring (bicyclic) bond motifs is 1. The molecule has 2 amide bonds. The van der Waals surface area contributed by atoms with Crippen molar-refractivity contribution in [2.45, 2.75) is 57.4 Å². The van der Waals surface area contributed by atoms with Gasteiger partial charge in [-0.2, -0.15) is 11.8 Å². The Hall–Kier alpha value is -2.35. The number of piperidine rings is 1. The van der Waals surface area contributed by atoms with Crippen molar-refractivity contribution >= 4 is 23.6 Å². The molecule has 2 heterocycles. The molecule has 184 valence electrons. The topological polar surface area (TPSA) is 66.7 Å². The molecule has 0 radical (unpaired) electrons. The SMILES string of the molecule is CSCCC(=O)N(C)[C@@H](Cc1ccccc1F)C1CCN(C(=O)c2noc3c2CCCC3)CC1. The number of benzene rings is 1. The summed E-state index contributed by atoms with van der Waals surface area (Å²) in [6, 6.07) is 6.69. The highest BCUT2D eigenvalue weighted by Gasteiger charge is 2.35. The van der Waals surface area contributed by atoms with E-state index < -0.39 is 0 Å². The maximum Gasteiger partial charge on any atom is 0.276 e. The quantitative estimate of drug-likeness (QED) is 0.553. The fourth-order valence-corrected chi connectivity index (χ4v) is 5.63. The summed E-state index contributed by atoms with van der Waals surface area (Å²) in [6.45, 7) is 1.21. The first-order valence-electron chi connectivity index (χ1n) is 12.2. The number of rotatable bonds is 8. The zero-order valence-electron chi connectivity index (χ0n) is 20.1. The minimum absolute atomic E-state index is 0.0552. The highest BCUT2D eigenvalue weighted by molar-refractivity contribution is 7.98. The van der Waals surface area contributed by atoms with E-state index in [1.54, 1.807) is 23.9 Å². The van der Waals surface area contributed by atoms with Crippen LogP contribution in [0.5, 0.6) is 0 Å². The van der Waals surface area contributed by atoms with Crippen LogP contribution in [0.15, 0.2) is 28.8 Å². The van der Waals surface area contributed by atoms with Crippen LogP contribution in [0, 0.1) is 11.7 Å². The molecule has 1 aromatic carbocycles. The molecule has 8 heteroatoms. The summed E-state index contributed by atoms with van der Waals surface area (Å²) < 4.78 is 19.9. The van der Waals surface area contributed by atoms with Gasteiger partial charge in [-0.15, -0.1) is 0 Å². The number of aryl methyl sites for hydroxylation is 1. The number of thioether (sulfide) groups is 1. The highest BCUT2D eigenvalue weighted by Crippen LogP contribution is 2.30. The van der Waals surface area contributed by atoms with E-state index in [1.807, 2.05) is 29.2 Å². The van der Waals surface area contributed by atoms with E-state index in [0.717, 1.165) is 55.6 Å². The molecule has 4 rings (SSSR count). The van der Waals surface area contributed by atoms with E-state index in [9.17, 15) is 14.0 Å². The average molecular weight is 488 g/mol. The maximum atomic E-state index is 14.5. The van der Waals surface area contributed by atoms with E-state index in [0.29, 0.717) is 37.2 Å². The van der Waals surface area contributed by atoms with Gasteiger partial charge in [0, 0.05) is 50.3 Å². The zero-order chi connectivity index (χ0) is 24.1. The van der Waals surface area contributed by atoms with Gasteiger partial charge in [0.1, 0.15) is 11.6 Å². The lowest BCUT2D eigenvalue weighted by atomic mass is 9.84. The molecule has 6 nitrogen and oxygen atoms in total. The fraction of sp³-hybridized carbons (Fsp3) is 0.577.